The molecule has 1 rings (SSSR count). The van der Waals surface area contributed by atoms with Crippen molar-refractivity contribution in [1.29, 1.82) is 0 Å². The second kappa shape index (κ2) is 8.25. The van der Waals surface area contributed by atoms with Gasteiger partial charge in [-0.25, -0.2) is 4.99 Å². The van der Waals surface area contributed by atoms with E-state index in [0.29, 0.717) is 12.5 Å². The molecule has 0 amide bonds. The Kier molecular flexibility index (Phi) is 6.64. The highest BCUT2D eigenvalue weighted by atomic mass is 15.1. The molecule has 0 aromatic heterocycles. The SMILES string of the molecule is C=C(C)CN=C(N)NCCCc1ccc(N(C)C)cc1. The topological polar surface area (TPSA) is 53.6 Å². The van der Waals surface area contributed by atoms with Crippen molar-refractivity contribution >= 4 is 11.6 Å². The first-order valence-electron chi connectivity index (χ1n) is 6.93. The standard InChI is InChI=1S/C16H26N4/c1-13(2)12-19-16(17)18-11-5-6-14-7-9-15(10-8-14)20(3)4/h7-10H,1,5-6,11-12H2,2-4H3,(H3,17,18,19). The molecule has 0 fully saturated rings. The Balaban J connectivity index is 2.27. The summed E-state index contributed by atoms with van der Waals surface area (Å²) in [7, 11) is 4.10. The van der Waals surface area contributed by atoms with E-state index in [0.717, 1.165) is 25.0 Å². The molecule has 0 saturated heterocycles. The van der Waals surface area contributed by atoms with Gasteiger partial charge >= 0.3 is 0 Å². The summed E-state index contributed by atoms with van der Waals surface area (Å²) in [5.74, 6) is 0.496. The van der Waals surface area contributed by atoms with E-state index in [2.05, 4.69) is 46.1 Å². The fraction of sp³-hybridized carbons (Fsp3) is 0.438. The number of guanidine groups is 1. The normalized spacial score (nSPS) is 11.2. The van der Waals surface area contributed by atoms with Crippen LogP contribution in [0.4, 0.5) is 5.69 Å². The van der Waals surface area contributed by atoms with Crippen LogP contribution in [-0.4, -0.2) is 33.1 Å². The molecule has 0 heterocycles. The molecule has 0 radical (unpaired) electrons. The first-order valence-corrected chi connectivity index (χ1v) is 6.93. The molecule has 0 aliphatic carbocycles. The van der Waals surface area contributed by atoms with Crippen molar-refractivity contribution in [3.05, 3.63) is 42.0 Å². The van der Waals surface area contributed by atoms with E-state index in [4.69, 9.17) is 5.73 Å². The van der Waals surface area contributed by atoms with Gasteiger partial charge in [-0.1, -0.05) is 24.3 Å². The zero-order chi connectivity index (χ0) is 15.0. The number of benzene rings is 1. The van der Waals surface area contributed by atoms with Gasteiger partial charge in [0.25, 0.3) is 0 Å². The van der Waals surface area contributed by atoms with Crippen molar-refractivity contribution in [1.82, 2.24) is 5.32 Å². The van der Waals surface area contributed by atoms with Crippen molar-refractivity contribution in [2.24, 2.45) is 10.7 Å². The van der Waals surface area contributed by atoms with Gasteiger partial charge in [0.1, 0.15) is 0 Å². The van der Waals surface area contributed by atoms with Gasteiger partial charge in [0.2, 0.25) is 0 Å². The van der Waals surface area contributed by atoms with Crippen LogP contribution >= 0.6 is 0 Å². The summed E-state index contributed by atoms with van der Waals surface area (Å²) in [6.07, 6.45) is 2.07. The van der Waals surface area contributed by atoms with Gasteiger partial charge in [0.05, 0.1) is 6.54 Å². The van der Waals surface area contributed by atoms with Crippen LogP contribution < -0.4 is 16.0 Å². The number of aliphatic imine (C=N–C) groups is 1. The van der Waals surface area contributed by atoms with Crippen LogP contribution in [0.15, 0.2) is 41.4 Å². The van der Waals surface area contributed by atoms with Crippen LogP contribution in [0, 0.1) is 0 Å². The van der Waals surface area contributed by atoms with Crippen molar-refractivity contribution in [2.45, 2.75) is 19.8 Å². The molecule has 1 aromatic carbocycles. The van der Waals surface area contributed by atoms with E-state index in [1.54, 1.807) is 0 Å². The maximum Gasteiger partial charge on any atom is 0.188 e. The first kappa shape index (κ1) is 16.1. The van der Waals surface area contributed by atoms with Crippen LogP contribution in [0.3, 0.4) is 0 Å². The van der Waals surface area contributed by atoms with Crippen molar-refractivity contribution in [2.75, 3.05) is 32.1 Å². The number of rotatable bonds is 7. The lowest BCUT2D eigenvalue weighted by Crippen LogP contribution is -2.32. The quantitative estimate of drug-likeness (QED) is 0.347. The van der Waals surface area contributed by atoms with E-state index in [-0.39, 0.29) is 0 Å². The van der Waals surface area contributed by atoms with Crippen molar-refractivity contribution < 1.29 is 0 Å². The summed E-state index contributed by atoms with van der Waals surface area (Å²) < 4.78 is 0. The number of hydrogen-bond acceptors (Lipinski definition) is 2. The lowest BCUT2D eigenvalue weighted by molar-refractivity contribution is 0.767. The Morgan fingerprint density at radius 3 is 2.50 bits per heavy atom. The molecule has 0 saturated carbocycles. The molecule has 0 unspecified atom stereocenters. The summed E-state index contributed by atoms with van der Waals surface area (Å²) in [6, 6.07) is 8.64. The van der Waals surface area contributed by atoms with Crippen molar-refractivity contribution in [3.8, 4) is 0 Å². The Morgan fingerprint density at radius 2 is 1.95 bits per heavy atom. The highest BCUT2D eigenvalue weighted by Gasteiger charge is 1.97. The fourth-order valence-electron chi connectivity index (χ4n) is 1.75. The monoisotopic (exact) mass is 274 g/mol. The first-order chi connectivity index (χ1) is 9.49. The van der Waals surface area contributed by atoms with Gasteiger partial charge in [-0.15, -0.1) is 0 Å². The average molecular weight is 274 g/mol. The van der Waals surface area contributed by atoms with Crippen LogP contribution in [0.5, 0.6) is 0 Å². The largest absolute Gasteiger partial charge is 0.378 e. The third-order valence-corrected chi connectivity index (χ3v) is 2.92. The molecule has 110 valence electrons. The lowest BCUT2D eigenvalue weighted by Gasteiger charge is -2.12. The van der Waals surface area contributed by atoms with Crippen molar-refractivity contribution in [3.63, 3.8) is 0 Å². The van der Waals surface area contributed by atoms with Gasteiger partial charge in [-0.3, -0.25) is 0 Å². The lowest BCUT2D eigenvalue weighted by atomic mass is 10.1. The van der Waals surface area contributed by atoms with Crippen LogP contribution in [-0.2, 0) is 6.42 Å². The molecule has 1 aromatic rings. The third kappa shape index (κ3) is 6.27. The molecule has 4 heteroatoms. The van der Waals surface area contributed by atoms with Gasteiger partial charge in [0.15, 0.2) is 5.96 Å². The molecule has 3 N–H and O–H groups in total. The summed E-state index contributed by atoms with van der Waals surface area (Å²) in [6.45, 7) is 7.15. The second-order valence-electron chi connectivity index (χ2n) is 5.25. The van der Waals surface area contributed by atoms with E-state index in [9.17, 15) is 0 Å². The maximum absolute atomic E-state index is 5.75. The molecular formula is C16H26N4. The van der Waals surface area contributed by atoms with Gasteiger partial charge < -0.3 is 16.0 Å². The minimum Gasteiger partial charge on any atom is -0.378 e. The number of nitrogens with one attached hydrogen (secondary N) is 1. The Labute approximate surface area is 122 Å². The summed E-state index contributed by atoms with van der Waals surface area (Å²) in [5.41, 5.74) is 9.32. The molecule has 0 spiro atoms. The molecular weight excluding hydrogens is 248 g/mol. The Bertz CT molecular complexity index is 446. The fourth-order valence-corrected chi connectivity index (χ4v) is 1.75. The summed E-state index contributed by atoms with van der Waals surface area (Å²) in [5, 5.41) is 3.12. The zero-order valence-electron chi connectivity index (χ0n) is 12.8. The number of nitrogens with two attached hydrogens (primary N) is 1. The number of nitrogens with zero attached hydrogens (tertiary/aromatic N) is 2. The molecule has 4 nitrogen and oxygen atoms in total. The predicted octanol–water partition coefficient (Wildman–Crippen LogP) is 2.17. The molecule has 0 aliphatic rings. The van der Waals surface area contributed by atoms with Crippen LogP contribution in [0.1, 0.15) is 18.9 Å². The highest BCUT2D eigenvalue weighted by Crippen LogP contribution is 2.13. The third-order valence-electron chi connectivity index (χ3n) is 2.92. The number of anilines is 1. The van der Waals surface area contributed by atoms with E-state index in [1.165, 1.54) is 11.3 Å². The van der Waals surface area contributed by atoms with E-state index < -0.39 is 0 Å². The maximum atomic E-state index is 5.75. The zero-order valence-corrected chi connectivity index (χ0v) is 12.8. The van der Waals surface area contributed by atoms with E-state index in [1.807, 2.05) is 21.0 Å². The number of hydrogen-bond donors (Lipinski definition) is 2. The van der Waals surface area contributed by atoms with Gasteiger partial charge in [-0.05, 0) is 37.5 Å². The smallest absolute Gasteiger partial charge is 0.188 e. The van der Waals surface area contributed by atoms with Crippen LogP contribution in [0.25, 0.3) is 0 Å². The molecule has 0 bridgehead atoms. The van der Waals surface area contributed by atoms with Gasteiger partial charge in [0, 0.05) is 26.3 Å². The second-order valence-corrected chi connectivity index (χ2v) is 5.25. The minimum atomic E-state index is 0.496. The Morgan fingerprint density at radius 1 is 1.30 bits per heavy atom. The van der Waals surface area contributed by atoms with E-state index >= 15 is 0 Å². The molecule has 0 aliphatic heterocycles. The average Bonchev–Trinajstić information content (AvgIpc) is 2.42. The Hall–Kier alpha value is -1.97. The predicted molar refractivity (Wildman–Crippen MR) is 88.4 cm³/mol. The molecule has 0 atom stereocenters. The minimum absolute atomic E-state index is 0.496. The molecule has 20 heavy (non-hydrogen) atoms. The highest BCUT2D eigenvalue weighted by molar-refractivity contribution is 5.77. The summed E-state index contributed by atoms with van der Waals surface area (Å²) in [4.78, 5) is 6.28. The number of aryl methyl sites for hydroxylation is 1. The van der Waals surface area contributed by atoms with Crippen LogP contribution in [0.2, 0.25) is 0 Å². The van der Waals surface area contributed by atoms with Gasteiger partial charge in [-0.2, -0.15) is 0 Å². The summed E-state index contributed by atoms with van der Waals surface area (Å²) >= 11 is 0.